The Morgan fingerprint density at radius 3 is 2.43 bits per heavy atom. The van der Waals surface area contributed by atoms with E-state index in [1.54, 1.807) is 35.2 Å². The van der Waals surface area contributed by atoms with E-state index < -0.39 is 0 Å². The van der Waals surface area contributed by atoms with Gasteiger partial charge in [0.25, 0.3) is 11.8 Å². The van der Waals surface area contributed by atoms with E-state index in [-0.39, 0.29) is 36.5 Å². The van der Waals surface area contributed by atoms with Gasteiger partial charge in [0.15, 0.2) is 18.2 Å². The van der Waals surface area contributed by atoms with E-state index in [4.69, 9.17) is 9.15 Å². The molecule has 1 saturated heterocycles. The number of rotatable bonds is 6. The van der Waals surface area contributed by atoms with Crippen LogP contribution in [0.1, 0.15) is 39.2 Å². The minimum absolute atomic E-state index is 0.0911. The predicted octanol–water partition coefficient (Wildman–Crippen LogP) is 3.37. The first-order valence-corrected chi connectivity index (χ1v) is 11.7. The molecule has 0 radical (unpaired) electrons. The molecule has 0 spiro atoms. The number of furan rings is 1. The van der Waals surface area contributed by atoms with Crippen LogP contribution in [0, 0.1) is 0 Å². The number of ketones is 1. The highest BCUT2D eigenvalue weighted by atomic mass is 16.5. The molecule has 0 unspecified atom stereocenters. The average Bonchev–Trinajstić information content (AvgIpc) is 3.35. The van der Waals surface area contributed by atoms with Crippen molar-refractivity contribution < 1.29 is 23.5 Å². The number of hydrogen-bond acceptors (Lipinski definition) is 6. The zero-order chi connectivity index (χ0) is 24.4. The van der Waals surface area contributed by atoms with Crippen molar-refractivity contribution in [1.29, 1.82) is 0 Å². The first-order valence-electron chi connectivity index (χ1n) is 11.7. The summed E-state index contributed by atoms with van der Waals surface area (Å²) in [5.41, 5.74) is 2.28. The monoisotopic (exact) mass is 473 g/mol. The number of piperazine rings is 1. The van der Waals surface area contributed by atoms with Gasteiger partial charge in [-0.05, 0) is 42.8 Å². The molecule has 5 rings (SSSR count). The third kappa shape index (κ3) is 4.97. The molecule has 1 fully saturated rings. The maximum Gasteiger partial charge on any atom is 0.289 e. The molecule has 1 aromatic heterocycles. The zero-order valence-electron chi connectivity index (χ0n) is 19.6. The number of amides is 2. The lowest BCUT2D eigenvalue weighted by atomic mass is 10.1. The number of carbonyl (C=O) groups is 3. The van der Waals surface area contributed by atoms with Crippen molar-refractivity contribution in [2.75, 3.05) is 37.7 Å². The lowest BCUT2D eigenvalue weighted by Gasteiger charge is -2.34. The molecule has 2 amide bonds. The van der Waals surface area contributed by atoms with Crippen LogP contribution in [0.2, 0.25) is 0 Å². The zero-order valence-corrected chi connectivity index (χ0v) is 19.6. The molecule has 180 valence electrons. The highest BCUT2D eigenvalue weighted by Gasteiger charge is 2.29. The first-order chi connectivity index (χ1) is 17.0. The third-order valence-electron chi connectivity index (χ3n) is 6.40. The standard InChI is InChI=1S/C27H27N3O5/c1-19(31)21-7-9-24-23(15-21)30(26(32)18-34-24)17-22-8-10-25(35-22)27(33)29-13-11-28(12-14-29)16-20-5-3-2-4-6-20/h2-10,15H,11-14,16-18H2,1H3. The van der Waals surface area contributed by atoms with Crippen LogP contribution in [-0.4, -0.2) is 60.2 Å². The normalized spacial score (nSPS) is 16.1. The van der Waals surface area contributed by atoms with E-state index in [0.29, 0.717) is 35.9 Å². The van der Waals surface area contributed by atoms with E-state index in [1.807, 2.05) is 18.2 Å². The van der Waals surface area contributed by atoms with Gasteiger partial charge in [0.1, 0.15) is 11.5 Å². The van der Waals surface area contributed by atoms with Gasteiger partial charge in [0.2, 0.25) is 0 Å². The second-order valence-electron chi connectivity index (χ2n) is 8.83. The summed E-state index contributed by atoms with van der Waals surface area (Å²) in [6.07, 6.45) is 0. The molecular formula is C27H27N3O5. The number of fused-ring (bicyclic) bond motifs is 1. The van der Waals surface area contributed by atoms with E-state index in [9.17, 15) is 14.4 Å². The van der Waals surface area contributed by atoms with Gasteiger partial charge in [-0.15, -0.1) is 0 Å². The molecule has 2 aromatic carbocycles. The van der Waals surface area contributed by atoms with Crippen LogP contribution in [0.15, 0.2) is 65.1 Å². The summed E-state index contributed by atoms with van der Waals surface area (Å²) in [6.45, 7) is 5.26. The van der Waals surface area contributed by atoms with Crippen LogP contribution in [0.25, 0.3) is 0 Å². The molecule has 2 aliphatic heterocycles. The predicted molar refractivity (Wildman–Crippen MR) is 129 cm³/mol. The molecular weight excluding hydrogens is 446 g/mol. The maximum atomic E-state index is 13.0. The van der Waals surface area contributed by atoms with Crippen LogP contribution >= 0.6 is 0 Å². The van der Waals surface area contributed by atoms with Gasteiger partial charge < -0.3 is 14.1 Å². The van der Waals surface area contributed by atoms with Gasteiger partial charge in [0, 0.05) is 38.3 Å². The molecule has 3 heterocycles. The SMILES string of the molecule is CC(=O)c1ccc2c(c1)N(Cc1ccc(C(=O)N3CCN(Cc4ccccc4)CC3)o1)C(=O)CO2. The van der Waals surface area contributed by atoms with Gasteiger partial charge in [-0.3, -0.25) is 24.2 Å². The number of nitrogens with zero attached hydrogens (tertiary/aromatic N) is 3. The van der Waals surface area contributed by atoms with E-state index >= 15 is 0 Å². The van der Waals surface area contributed by atoms with Crippen molar-refractivity contribution in [3.63, 3.8) is 0 Å². The second-order valence-corrected chi connectivity index (χ2v) is 8.83. The van der Waals surface area contributed by atoms with Crippen molar-refractivity contribution in [3.05, 3.63) is 83.3 Å². The summed E-state index contributed by atoms with van der Waals surface area (Å²) in [6, 6.07) is 18.7. The number of ether oxygens (including phenoxy) is 1. The molecule has 0 N–H and O–H groups in total. The van der Waals surface area contributed by atoms with Crippen molar-refractivity contribution in [1.82, 2.24) is 9.80 Å². The molecule has 3 aromatic rings. The van der Waals surface area contributed by atoms with Crippen LogP contribution in [0.4, 0.5) is 5.69 Å². The molecule has 35 heavy (non-hydrogen) atoms. The third-order valence-corrected chi connectivity index (χ3v) is 6.40. The smallest absolute Gasteiger partial charge is 0.289 e. The Morgan fingerprint density at radius 1 is 0.914 bits per heavy atom. The van der Waals surface area contributed by atoms with Crippen LogP contribution in [0.3, 0.4) is 0 Å². The van der Waals surface area contributed by atoms with Gasteiger partial charge in [-0.2, -0.15) is 0 Å². The van der Waals surface area contributed by atoms with Gasteiger partial charge >= 0.3 is 0 Å². The van der Waals surface area contributed by atoms with Gasteiger partial charge in [-0.25, -0.2) is 0 Å². The average molecular weight is 474 g/mol. The summed E-state index contributed by atoms with van der Waals surface area (Å²) in [7, 11) is 0. The Hall–Kier alpha value is -3.91. The van der Waals surface area contributed by atoms with Crippen LogP contribution < -0.4 is 9.64 Å². The minimum Gasteiger partial charge on any atom is -0.482 e. The highest BCUT2D eigenvalue weighted by molar-refractivity contribution is 6.01. The van der Waals surface area contributed by atoms with Crippen molar-refractivity contribution >= 4 is 23.3 Å². The molecule has 0 bridgehead atoms. The van der Waals surface area contributed by atoms with Gasteiger partial charge in [0.05, 0.1) is 12.2 Å². The number of hydrogen-bond donors (Lipinski definition) is 0. The summed E-state index contributed by atoms with van der Waals surface area (Å²) in [5.74, 6) is 0.798. The fourth-order valence-electron chi connectivity index (χ4n) is 4.43. The Labute approximate surface area is 203 Å². The Bertz CT molecular complexity index is 1240. The van der Waals surface area contributed by atoms with Gasteiger partial charge in [-0.1, -0.05) is 30.3 Å². The lowest BCUT2D eigenvalue weighted by Crippen LogP contribution is -2.48. The fraction of sp³-hybridized carbons (Fsp3) is 0.296. The van der Waals surface area contributed by atoms with Crippen LogP contribution in [0.5, 0.6) is 5.75 Å². The summed E-state index contributed by atoms with van der Waals surface area (Å²) in [4.78, 5) is 43.1. The van der Waals surface area contributed by atoms with E-state index in [1.165, 1.54) is 17.4 Å². The molecule has 8 heteroatoms. The molecule has 0 saturated carbocycles. The largest absolute Gasteiger partial charge is 0.482 e. The van der Waals surface area contributed by atoms with Crippen molar-refractivity contribution in [2.24, 2.45) is 0 Å². The maximum absolute atomic E-state index is 13.0. The number of anilines is 1. The lowest BCUT2D eigenvalue weighted by molar-refractivity contribution is -0.121. The minimum atomic E-state index is -0.239. The quantitative estimate of drug-likeness (QED) is 0.511. The Balaban J connectivity index is 1.23. The first kappa shape index (κ1) is 22.9. The summed E-state index contributed by atoms with van der Waals surface area (Å²) >= 11 is 0. The van der Waals surface area contributed by atoms with E-state index in [0.717, 1.165) is 19.6 Å². The van der Waals surface area contributed by atoms with Crippen molar-refractivity contribution in [3.8, 4) is 5.75 Å². The Kier molecular flexibility index (Phi) is 6.37. The molecule has 8 nitrogen and oxygen atoms in total. The summed E-state index contributed by atoms with van der Waals surface area (Å²) in [5, 5.41) is 0. The highest BCUT2D eigenvalue weighted by Crippen LogP contribution is 2.34. The topological polar surface area (TPSA) is 83.3 Å². The molecule has 0 atom stereocenters. The van der Waals surface area contributed by atoms with E-state index in [2.05, 4.69) is 17.0 Å². The summed E-state index contributed by atoms with van der Waals surface area (Å²) < 4.78 is 11.4. The number of benzene rings is 2. The number of Topliss-reactive ketones (excluding diaryl/α,β-unsaturated/α-hetero) is 1. The fourth-order valence-corrected chi connectivity index (χ4v) is 4.43. The Morgan fingerprint density at radius 2 is 1.69 bits per heavy atom. The number of carbonyl (C=O) groups excluding carboxylic acids is 3. The molecule has 2 aliphatic rings. The second kappa shape index (κ2) is 9.76. The molecule has 0 aliphatic carbocycles. The van der Waals surface area contributed by atoms with Crippen LogP contribution in [-0.2, 0) is 17.9 Å². The van der Waals surface area contributed by atoms with Crippen molar-refractivity contribution in [2.45, 2.75) is 20.0 Å².